The Hall–Kier alpha value is -4.50. The molecule has 1 aliphatic rings. The van der Waals surface area contributed by atoms with Gasteiger partial charge in [-0.15, -0.1) is 36.5 Å². The molecule has 1 atom stereocenters. The summed E-state index contributed by atoms with van der Waals surface area (Å²) in [6.07, 6.45) is -9.88. The number of nitrogens with one attached hydrogen (secondary N) is 1. The van der Waals surface area contributed by atoms with Gasteiger partial charge in [0.05, 0.1) is 4.90 Å². The molecule has 3 N–H and O–H groups in total. The number of thiazole rings is 1. The highest BCUT2D eigenvalue weighted by Gasteiger charge is 2.41. The molecule has 1 amide bonds. The van der Waals surface area contributed by atoms with Crippen LogP contribution in [0.2, 0.25) is 0 Å². The molecule has 2 aromatic heterocycles. The van der Waals surface area contributed by atoms with Crippen LogP contribution in [-0.4, -0.2) is 77.4 Å². The average Bonchev–Trinajstić information content (AvgIpc) is 3.41. The Labute approximate surface area is 253 Å². The third-order valence-corrected chi connectivity index (χ3v) is 9.36. The summed E-state index contributed by atoms with van der Waals surface area (Å²) in [6, 6.07) is 6.80. The van der Waals surface area contributed by atoms with E-state index >= 15 is 0 Å². The minimum absolute atomic E-state index is 0.0551. The second-order valence-corrected chi connectivity index (χ2v) is 12.2. The van der Waals surface area contributed by atoms with Crippen LogP contribution in [0.4, 0.5) is 37.3 Å². The molecule has 13 nitrogen and oxygen atoms in total. The Balaban J connectivity index is 1.39. The summed E-state index contributed by atoms with van der Waals surface area (Å²) in [4.78, 5) is 19.1. The second kappa shape index (κ2) is 12.1. The molecule has 2 aromatic carbocycles. The van der Waals surface area contributed by atoms with Gasteiger partial charge < -0.3 is 25.4 Å². The van der Waals surface area contributed by atoms with E-state index in [2.05, 4.69) is 35.2 Å². The fraction of sp³-hybridized carbons (Fsp3) is 0.292. The minimum atomic E-state index is -4.99. The standard InChI is InChI=1S/C24H20F6N8O5S2/c25-23(26,27)42-14-3-1-13(2-4-14)11-32-21(39)17-12-37(22-33-20-18(44-22)19(31)34-36-35-20)9-10-38(17)45(40,41)16-7-5-15(6-8-16)43-24(28,29)30/h1-8,17H,9-12H2,(H,32,39)(H2,31,34,35)/t17-/m1/s1. The number of piperazine rings is 1. The van der Waals surface area contributed by atoms with Gasteiger partial charge in [0.1, 0.15) is 22.2 Å². The van der Waals surface area contributed by atoms with Crippen LogP contribution in [0, 0.1) is 0 Å². The minimum Gasteiger partial charge on any atom is -0.406 e. The van der Waals surface area contributed by atoms with Gasteiger partial charge >= 0.3 is 12.7 Å². The zero-order valence-corrected chi connectivity index (χ0v) is 24.0. The van der Waals surface area contributed by atoms with Crippen LogP contribution in [0.15, 0.2) is 53.4 Å². The predicted molar refractivity (Wildman–Crippen MR) is 145 cm³/mol. The lowest BCUT2D eigenvalue weighted by Crippen LogP contribution is -2.60. The summed E-state index contributed by atoms with van der Waals surface area (Å²) in [5.74, 6) is -1.80. The largest absolute Gasteiger partial charge is 0.573 e. The number of benzene rings is 2. The molecule has 1 fully saturated rings. The van der Waals surface area contributed by atoms with E-state index in [0.717, 1.165) is 52.0 Å². The van der Waals surface area contributed by atoms with Crippen molar-refractivity contribution in [2.24, 2.45) is 0 Å². The number of halogens is 6. The molecule has 45 heavy (non-hydrogen) atoms. The molecule has 21 heteroatoms. The summed E-state index contributed by atoms with van der Waals surface area (Å²) in [6.45, 7) is -0.573. The third kappa shape index (κ3) is 7.60. The van der Waals surface area contributed by atoms with Crippen molar-refractivity contribution < 1.29 is 49.0 Å². The van der Waals surface area contributed by atoms with E-state index in [1.807, 2.05) is 0 Å². The van der Waals surface area contributed by atoms with Crippen LogP contribution < -0.4 is 25.4 Å². The highest BCUT2D eigenvalue weighted by molar-refractivity contribution is 7.89. The van der Waals surface area contributed by atoms with Crippen molar-refractivity contribution in [1.29, 1.82) is 0 Å². The van der Waals surface area contributed by atoms with Gasteiger partial charge in [-0.25, -0.2) is 8.42 Å². The van der Waals surface area contributed by atoms with E-state index in [1.165, 1.54) is 12.1 Å². The molecule has 0 spiro atoms. The van der Waals surface area contributed by atoms with Crippen molar-refractivity contribution in [3.8, 4) is 11.5 Å². The van der Waals surface area contributed by atoms with Crippen molar-refractivity contribution in [3.63, 3.8) is 0 Å². The monoisotopic (exact) mass is 678 g/mol. The zero-order chi connectivity index (χ0) is 32.6. The highest BCUT2D eigenvalue weighted by atomic mass is 32.2. The molecule has 240 valence electrons. The quantitative estimate of drug-likeness (QED) is 0.263. The summed E-state index contributed by atoms with van der Waals surface area (Å²) in [5, 5.41) is 13.9. The van der Waals surface area contributed by atoms with Gasteiger partial charge in [0.25, 0.3) is 0 Å². The van der Waals surface area contributed by atoms with Gasteiger partial charge in [-0.05, 0) is 47.2 Å². The molecular weight excluding hydrogens is 658 g/mol. The fourth-order valence-electron chi connectivity index (χ4n) is 4.34. The van der Waals surface area contributed by atoms with E-state index in [0.29, 0.717) is 15.4 Å². The molecule has 1 aliphatic heterocycles. The molecule has 3 heterocycles. The van der Waals surface area contributed by atoms with Crippen LogP contribution in [0.1, 0.15) is 5.56 Å². The fourth-order valence-corrected chi connectivity index (χ4v) is 6.84. The summed E-state index contributed by atoms with van der Waals surface area (Å²) in [7, 11) is -4.44. The van der Waals surface area contributed by atoms with Gasteiger partial charge in [0.15, 0.2) is 16.6 Å². The van der Waals surface area contributed by atoms with E-state index < -0.39 is 51.1 Å². The van der Waals surface area contributed by atoms with Crippen molar-refractivity contribution in [2.75, 3.05) is 30.3 Å². The molecule has 0 aliphatic carbocycles. The zero-order valence-electron chi connectivity index (χ0n) is 22.4. The number of anilines is 2. The maximum atomic E-state index is 13.7. The number of hydrogen-bond acceptors (Lipinski definition) is 12. The van der Waals surface area contributed by atoms with Crippen LogP contribution in [0.3, 0.4) is 0 Å². The maximum Gasteiger partial charge on any atom is 0.573 e. The van der Waals surface area contributed by atoms with E-state index in [1.54, 1.807) is 4.90 Å². The van der Waals surface area contributed by atoms with Crippen LogP contribution in [0.25, 0.3) is 10.3 Å². The molecule has 0 radical (unpaired) electrons. The summed E-state index contributed by atoms with van der Waals surface area (Å²) < 4.78 is 111. The van der Waals surface area contributed by atoms with E-state index in [9.17, 15) is 39.6 Å². The SMILES string of the molecule is Nc1nnnc2nc(N3CCN(S(=O)(=O)c4ccc(OC(F)(F)F)cc4)[C@@H](C(=O)NCc4ccc(OC(F)(F)F)cc4)C3)sc12. The van der Waals surface area contributed by atoms with Gasteiger partial charge in [-0.2, -0.15) is 9.29 Å². The maximum absolute atomic E-state index is 13.7. The number of nitrogens with two attached hydrogens (primary N) is 1. The molecule has 1 saturated heterocycles. The van der Waals surface area contributed by atoms with Gasteiger partial charge in [0.2, 0.25) is 15.9 Å². The lowest BCUT2D eigenvalue weighted by Gasteiger charge is -2.39. The van der Waals surface area contributed by atoms with Crippen LogP contribution in [-0.2, 0) is 21.4 Å². The van der Waals surface area contributed by atoms with Gasteiger partial charge in [-0.1, -0.05) is 23.5 Å². The predicted octanol–water partition coefficient (Wildman–Crippen LogP) is 3.06. The Kier molecular flexibility index (Phi) is 8.60. The lowest BCUT2D eigenvalue weighted by molar-refractivity contribution is -0.275. The van der Waals surface area contributed by atoms with E-state index in [-0.39, 0.29) is 37.6 Å². The number of fused-ring (bicyclic) bond motifs is 1. The number of carbonyl (C=O) groups excluding carboxylic acids is 1. The van der Waals surface area contributed by atoms with Crippen LogP contribution >= 0.6 is 11.3 Å². The summed E-state index contributed by atoms with van der Waals surface area (Å²) >= 11 is 1.10. The van der Waals surface area contributed by atoms with Crippen molar-refractivity contribution in [3.05, 3.63) is 54.1 Å². The number of ether oxygens (including phenoxy) is 2. The molecular formula is C24H20F6N8O5S2. The molecule has 5 rings (SSSR count). The number of aromatic nitrogens is 4. The molecule has 4 aromatic rings. The smallest absolute Gasteiger partial charge is 0.406 e. The van der Waals surface area contributed by atoms with Crippen molar-refractivity contribution in [1.82, 2.24) is 30.0 Å². The first kappa shape index (κ1) is 31.9. The number of hydrogen-bond donors (Lipinski definition) is 2. The number of amides is 1. The normalized spacial score (nSPS) is 16.5. The number of nitrogens with zero attached hydrogens (tertiary/aromatic N) is 6. The Morgan fingerprint density at radius 2 is 1.56 bits per heavy atom. The lowest BCUT2D eigenvalue weighted by atomic mass is 10.1. The molecule has 0 bridgehead atoms. The Bertz CT molecular complexity index is 1790. The van der Waals surface area contributed by atoms with Crippen molar-refractivity contribution >= 4 is 48.6 Å². The first-order chi connectivity index (χ1) is 21.1. The Morgan fingerprint density at radius 1 is 0.956 bits per heavy atom. The second-order valence-electron chi connectivity index (χ2n) is 9.33. The number of alkyl halides is 6. The average molecular weight is 679 g/mol. The van der Waals surface area contributed by atoms with Crippen molar-refractivity contribution in [2.45, 2.75) is 30.2 Å². The first-order valence-corrected chi connectivity index (χ1v) is 14.8. The number of carbonyl (C=O) groups is 1. The molecule has 0 saturated carbocycles. The number of nitrogen functional groups attached to an aromatic ring is 1. The van der Waals surface area contributed by atoms with Gasteiger partial charge in [0, 0.05) is 26.2 Å². The Morgan fingerprint density at radius 3 is 2.13 bits per heavy atom. The highest BCUT2D eigenvalue weighted by Crippen LogP contribution is 2.33. The first-order valence-electron chi connectivity index (χ1n) is 12.6. The topological polar surface area (TPSA) is 166 Å². The number of rotatable bonds is 8. The summed E-state index contributed by atoms with van der Waals surface area (Å²) in [5.41, 5.74) is 6.42. The third-order valence-electron chi connectivity index (χ3n) is 6.31. The van der Waals surface area contributed by atoms with E-state index in [4.69, 9.17) is 5.73 Å². The van der Waals surface area contributed by atoms with Gasteiger partial charge in [-0.3, -0.25) is 4.79 Å². The number of sulfonamides is 1. The molecule has 0 unspecified atom stereocenters. The van der Waals surface area contributed by atoms with Crippen LogP contribution in [0.5, 0.6) is 11.5 Å².